The van der Waals surface area contributed by atoms with Crippen LogP contribution in [-0.4, -0.2) is 36.1 Å². The quantitative estimate of drug-likeness (QED) is 0.794. The topological polar surface area (TPSA) is 76.1 Å². The summed E-state index contributed by atoms with van der Waals surface area (Å²) in [6.07, 6.45) is 2.92. The fourth-order valence-corrected chi connectivity index (χ4v) is 2.44. The van der Waals surface area contributed by atoms with E-state index in [9.17, 15) is 4.79 Å². The van der Waals surface area contributed by atoms with E-state index < -0.39 is 0 Å². The zero-order valence-corrected chi connectivity index (χ0v) is 14.1. The Morgan fingerprint density at radius 2 is 2.04 bits per heavy atom. The summed E-state index contributed by atoms with van der Waals surface area (Å²) in [5.74, 6) is 0.234. The second-order valence-electron chi connectivity index (χ2n) is 5.10. The number of hydrogen-bond acceptors (Lipinski definition) is 5. The zero-order chi connectivity index (χ0) is 16.8. The van der Waals surface area contributed by atoms with Gasteiger partial charge in [0.15, 0.2) is 0 Å². The number of hydrogen-bond donors (Lipinski definition) is 2. The molecule has 0 fully saturated rings. The number of methoxy groups -OCH3 is 1. The highest BCUT2D eigenvalue weighted by Gasteiger charge is 2.09. The standard InChI is InChI=1S/C16H19ClN4O2/c1-10-6-11(2)15(12(17)7-10)21-14-9-19-13(8-20-14)16(22)18-4-5-23-3/h6-9H,4-5H2,1-3H3,(H,18,22)(H,20,21). The number of nitrogens with one attached hydrogen (secondary N) is 2. The van der Waals surface area contributed by atoms with Gasteiger partial charge in [0.2, 0.25) is 0 Å². The molecule has 1 amide bonds. The lowest BCUT2D eigenvalue weighted by Crippen LogP contribution is -2.27. The van der Waals surface area contributed by atoms with E-state index in [-0.39, 0.29) is 11.6 Å². The first kappa shape index (κ1) is 17.2. The predicted octanol–water partition coefficient (Wildman–Crippen LogP) is 2.87. The molecule has 0 atom stereocenters. The number of aryl methyl sites for hydroxylation is 2. The Balaban J connectivity index is 2.07. The molecule has 0 radical (unpaired) electrons. The summed E-state index contributed by atoms with van der Waals surface area (Å²) in [6.45, 7) is 4.82. The molecular formula is C16H19ClN4O2. The van der Waals surface area contributed by atoms with Gasteiger partial charge in [-0.05, 0) is 31.0 Å². The Morgan fingerprint density at radius 1 is 1.26 bits per heavy atom. The van der Waals surface area contributed by atoms with Crippen molar-refractivity contribution in [2.75, 3.05) is 25.6 Å². The van der Waals surface area contributed by atoms with E-state index in [0.29, 0.717) is 24.0 Å². The Labute approximate surface area is 140 Å². The number of carbonyl (C=O) groups is 1. The molecule has 1 heterocycles. The smallest absolute Gasteiger partial charge is 0.271 e. The number of ether oxygens (including phenoxy) is 1. The number of benzene rings is 1. The minimum atomic E-state index is -0.286. The van der Waals surface area contributed by atoms with Gasteiger partial charge >= 0.3 is 0 Å². The predicted molar refractivity (Wildman–Crippen MR) is 90.4 cm³/mol. The molecule has 2 rings (SSSR count). The van der Waals surface area contributed by atoms with Crippen molar-refractivity contribution in [3.63, 3.8) is 0 Å². The van der Waals surface area contributed by atoms with E-state index in [1.807, 2.05) is 26.0 Å². The summed E-state index contributed by atoms with van der Waals surface area (Å²) in [7, 11) is 1.57. The minimum absolute atomic E-state index is 0.248. The molecule has 2 N–H and O–H groups in total. The summed E-state index contributed by atoms with van der Waals surface area (Å²) in [4.78, 5) is 20.1. The van der Waals surface area contributed by atoms with Crippen LogP contribution in [0.3, 0.4) is 0 Å². The number of carbonyl (C=O) groups excluding carboxylic acids is 1. The first-order valence-electron chi connectivity index (χ1n) is 7.14. The largest absolute Gasteiger partial charge is 0.383 e. The van der Waals surface area contributed by atoms with Crippen molar-refractivity contribution in [2.45, 2.75) is 13.8 Å². The van der Waals surface area contributed by atoms with Crippen molar-refractivity contribution in [2.24, 2.45) is 0 Å². The molecule has 0 aliphatic rings. The van der Waals surface area contributed by atoms with Crippen LogP contribution >= 0.6 is 11.6 Å². The van der Waals surface area contributed by atoms with Crippen LogP contribution in [0.2, 0.25) is 5.02 Å². The third kappa shape index (κ3) is 4.64. The molecule has 0 bridgehead atoms. The molecule has 0 aliphatic carbocycles. The van der Waals surface area contributed by atoms with Gasteiger partial charge in [0.1, 0.15) is 11.5 Å². The van der Waals surface area contributed by atoms with Gasteiger partial charge in [-0.3, -0.25) is 4.79 Å². The van der Waals surface area contributed by atoms with Gasteiger partial charge in [-0.2, -0.15) is 0 Å². The Morgan fingerprint density at radius 3 is 2.65 bits per heavy atom. The van der Waals surface area contributed by atoms with Crippen molar-refractivity contribution >= 4 is 29.0 Å². The van der Waals surface area contributed by atoms with Crippen LogP contribution in [-0.2, 0) is 4.74 Å². The summed E-state index contributed by atoms with van der Waals surface area (Å²) < 4.78 is 4.87. The van der Waals surface area contributed by atoms with E-state index in [4.69, 9.17) is 16.3 Å². The van der Waals surface area contributed by atoms with Gasteiger partial charge in [0, 0.05) is 13.7 Å². The van der Waals surface area contributed by atoms with Crippen LogP contribution in [0.25, 0.3) is 0 Å². The Kier molecular flexibility index (Phi) is 5.90. The van der Waals surface area contributed by atoms with Crippen molar-refractivity contribution < 1.29 is 9.53 Å². The highest BCUT2D eigenvalue weighted by atomic mass is 35.5. The molecule has 0 saturated heterocycles. The monoisotopic (exact) mass is 334 g/mol. The molecule has 1 aromatic heterocycles. The average Bonchev–Trinajstić information content (AvgIpc) is 2.51. The van der Waals surface area contributed by atoms with Crippen molar-refractivity contribution in [1.82, 2.24) is 15.3 Å². The molecule has 2 aromatic rings. The molecule has 122 valence electrons. The number of amides is 1. The lowest BCUT2D eigenvalue weighted by Gasteiger charge is -2.12. The second kappa shape index (κ2) is 7.89. The third-order valence-electron chi connectivity index (χ3n) is 3.16. The average molecular weight is 335 g/mol. The van der Waals surface area contributed by atoms with Crippen LogP contribution in [0.4, 0.5) is 11.5 Å². The molecule has 0 spiro atoms. The molecule has 1 aromatic carbocycles. The SMILES string of the molecule is COCCNC(=O)c1cnc(Nc2c(C)cc(C)cc2Cl)cn1. The minimum Gasteiger partial charge on any atom is -0.383 e. The number of nitrogens with zero attached hydrogens (tertiary/aromatic N) is 2. The molecule has 7 heteroatoms. The van der Waals surface area contributed by atoms with Gasteiger partial charge in [-0.15, -0.1) is 0 Å². The van der Waals surface area contributed by atoms with Crippen LogP contribution in [0.1, 0.15) is 21.6 Å². The van der Waals surface area contributed by atoms with Crippen LogP contribution in [0.5, 0.6) is 0 Å². The lowest BCUT2D eigenvalue weighted by molar-refractivity contribution is 0.0932. The summed E-state index contributed by atoms with van der Waals surface area (Å²) in [5, 5.41) is 6.43. The van der Waals surface area contributed by atoms with E-state index in [1.54, 1.807) is 7.11 Å². The van der Waals surface area contributed by atoms with E-state index in [2.05, 4.69) is 20.6 Å². The van der Waals surface area contributed by atoms with Gasteiger partial charge in [-0.25, -0.2) is 9.97 Å². The number of anilines is 2. The summed E-state index contributed by atoms with van der Waals surface area (Å²) in [5.41, 5.74) is 3.13. The first-order valence-corrected chi connectivity index (χ1v) is 7.52. The number of aromatic nitrogens is 2. The van der Waals surface area contributed by atoms with Gasteiger partial charge in [-0.1, -0.05) is 17.7 Å². The van der Waals surface area contributed by atoms with Crippen LogP contribution < -0.4 is 10.6 Å². The van der Waals surface area contributed by atoms with Crippen molar-refractivity contribution in [1.29, 1.82) is 0 Å². The fraction of sp³-hybridized carbons (Fsp3) is 0.312. The fourth-order valence-electron chi connectivity index (χ4n) is 2.07. The lowest BCUT2D eigenvalue weighted by atomic mass is 10.1. The van der Waals surface area contributed by atoms with E-state index >= 15 is 0 Å². The third-order valence-corrected chi connectivity index (χ3v) is 3.46. The van der Waals surface area contributed by atoms with Crippen molar-refractivity contribution in [3.8, 4) is 0 Å². The maximum absolute atomic E-state index is 11.8. The normalized spacial score (nSPS) is 10.4. The van der Waals surface area contributed by atoms with Gasteiger partial charge in [0.25, 0.3) is 5.91 Å². The summed E-state index contributed by atoms with van der Waals surface area (Å²) in [6, 6.07) is 3.90. The Bertz CT molecular complexity index is 666. The maximum Gasteiger partial charge on any atom is 0.271 e. The summed E-state index contributed by atoms with van der Waals surface area (Å²) >= 11 is 6.25. The first-order chi connectivity index (χ1) is 11.0. The maximum atomic E-state index is 11.8. The molecule has 6 nitrogen and oxygen atoms in total. The molecule has 23 heavy (non-hydrogen) atoms. The Hall–Kier alpha value is -2.18. The number of halogens is 1. The number of rotatable bonds is 6. The van der Waals surface area contributed by atoms with Crippen molar-refractivity contribution in [3.05, 3.63) is 46.4 Å². The van der Waals surface area contributed by atoms with Gasteiger partial charge in [0.05, 0.1) is 29.7 Å². The highest BCUT2D eigenvalue weighted by molar-refractivity contribution is 6.33. The van der Waals surface area contributed by atoms with E-state index in [1.165, 1.54) is 12.4 Å². The molecule has 0 aliphatic heterocycles. The van der Waals surface area contributed by atoms with E-state index in [0.717, 1.165) is 16.8 Å². The highest BCUT2D eigenvalue weighted by Crippen LogP contribution is 2.29. The molecule has 0 unspecified atom stereocenters. The van der Waals surface area contributed by atoms with Crippen LogP contribution in [0, 0.1) is 13.8 Å². The molecular weight excluding hydrogens is 316 g/mol. The molecule has 0 saturated carbocycles. The van der Waals surface area contributed by atoms with Crippen LogP contribution in [0.15, 0.2) is 24.5 Å². The zero-order valence-electron chi connectivity index (χ0n) is 13.3. The second-order valence-corrected chi connectivity index (χ2v) is 5.51. The van der Waals surface area contributed by atoms with Gasteiger partial charge < -0.3 is 15.4 Å².